The molecule has 1 unspecified atom stereocenters. The molecule has 116 valence electrons. The van der Waals surface area contributed by atoms with Crippen LogP contribution in [-0.4, -0.2) is 35.0 Å². The van der Waals surface area contributed by atoms with E-state index in [2.05, 4.69) is 5.32 Å². The summed E-state index contributed by atoms with van der Waals surface area (Å²) in [5, 5.41) is 11.2. The van der Waals surface area contributed by atoms with Crippen molar-refractivity contribution in [2.24, 2.45) is 5.92 Å². The fourth-order valence-electron chi connectivity index (χ4n) is 1.78. The Morgan fingerprint density at radius 1 is 1.38 bits per heavy atom. The van der Waals surface area contributed by atoms with Gasteiger partial charge in [-0.25, -0.2) is 4.39 Å². The van der Waals surface area contributed by atoms with Crippen LogP contribution in [0.4, 0.5) is 4.39 Å². The van der Waals surface area contributed by atoms with Gasteiger partial charge in [-0.3, -0.25) is 9.59 Å². The number of carbonyl (C=O) groups is 2. The third-order valence-electron chi connectivity index (χ3n) is 3.02. The van der Waals surface area contributed by atoms with Gasteiger partial charge in [0.1, 0.15) is 5.82 Å². The maximum atomic E-state index is 13.4. The first kappa shape index (κ1) is 17.5. The van der Waals surface area contributed by atoms with Crippen LogP contribution >= 0.6 is 11.8 Å². The molecule has 0 bridgehead atoms. The standard InChI is InChI=1S/C15H20FNO3S/c1-11(6-7-12-4-2-3-5-13(12)16)15(20)17-8-9-21-10-14(18)19/h2-5,11H,6-10H2,1H3,(H,17,20)(H,18,19). The van der Waals surface area contributed by atoms with Crippen molar-refractivity contribution in [1.29, 1.82) is 0 Å². The summed E-state index contributed by atoms with van der Waals surface area (Å²) in [6, 6.07) is 6.56. The molecule has 0 fully saturated rings. The van der Waals surface area contributed by atoms with Crippen LogP contribution in [0.3, 0.4) is 0 Å². The maximum Gasteiger partial charge on any atom is 0.313 e. The molecule has 1 rings (SSSR count). The van der Waals surface area contributed by atoms with E-state index in [4.69, 9.17) is 5.11 Å². The van der Waals surface area contributed by atoms with Gasteiger partial charge in [0.2, 0.25) is 5.91 Å². The molecule has 0 aliphatic carbocycles. The molecule has 0 aliphatic rings. The highest BCUT2D eigenvalue weighted by molar-refractivity contribution is 7.99. The van der Waals surface area contributed by atoms with Crippen molar-refractivity contribution in [1.82, 2.24) is 5.32 Å². The smallest absolute Gasteiger partial charge is 0.313 e. The van der Waals surface area contributed by atoms with E-state index >= 15 is 0 Å². The SMILES string of the molecule is CC(CCc1ccccc1F)C(=O)NCCSCC(=O)O. The summed E-state index contributed by atoms with van der Waals surface area (Å²) in [5.74, 6) is -0.771. The molecule has 0 heterocycles. The Morgan fingerprint density at radius 2 is 2.10 bits per heavy atom. The zero-order valence-corrected chi connectivity index (χ0v) is 12.8. The van der Waals surface area contributed by atoms with E-state index in [0.717, 1.165) is 0 Å². The maximum absolute atomic E-state index is 13.4. The summed E-state index contributed by atoms with van der Waals surface area (Å²) in [4.78, 5) is 22.1. The normalized spacial score (nSPS) is 11.9. The van der Waals surface area contributed by atoms with Gasteiger partial charge in [0, 0.05) is 18.2 Å². The number of thioether (sulfide) groups is 1. The number of nitrogens with one attached hydrogen (secondary N) is 1. The first-order chi connectivity index (χ1) is 10.0. The van der Waals surface area contributed by atoms with Gasteiger partial charge in [-0.1, -0.05) is 25.1 Å². The molecule has 0 radical (unpaired) electrons. The topological polar surface area (TPSA) is 66.4 Å². The number of hydrogen-bond donors (Lipinski definition) is 2. The summed E-state index contributed by atoms with van der Waals surface area (Å²) in [7, 11) is 0. The molecule has 1 aromatic rings. The number of carboxylic acids is 1. The molecule has 0 saturated carbocycles. The van der Waals surface area contributed by atoms with Gasteiger partial charge in [0.25, 0.3) is 0 Å². The molecule has 21 heavy (non-hydrogen) atoms. The van der Waals surface area contributed by atoms with Gasteiger partial charge in [0.15, 0.2) is 0 Å². The van der Waals surface area contributed by atoms with Crippen LogP contribution in [0.2, 0.25) is 0 Å². The number of amides is 1. The predicted octanol–water partition coefficient (Wildman–Crippen LogP) is 2.33. The molecule has 1 amide bonds. The molecule has 2 N–H and O–H groups in total. The Kier molecular flexibility index (Phi) is 7.82. The molecule has 0 spiro atoms. The van der Waals surface area contributed by atoms with Gasteiger partial charge in [-0.05, 0) is 24.5 Å². The van der Waals surface area contributed by atoms with E-state index in [-0.39, 0.29) is 23.4 Å². The Morgan fingerprint density at radius 3 is 2.76 bits per heavy atom. The van der Waals surface area contributed by atoms with Gasteiger partial charge in [-0.15, -0.1) is 11.8 Å². The van der Waals surface area contributed by atoms with Crippen molar-refractivity contribution in [3.63, 3.8) is 0 Å². The van der Waals surface area contributed by atoms with Crippen molar-refractivity contribution < 1.29 is 19.1 Å². The third kappa shape index (κ3) is 7.13. The van der Waals surface area contributed by atoms with Crippen LogP contribution in [0.15, 0.2) is 24.3 Å². The van der Waals surface area contributed by atoms with Crippen molar-refractivity contribution in [3.8, 4) is 0 Å². The number of benzene rings is 1. The van der Waals surface area contributed by atoms with Crippen LogP contribution in [0.25, 0.3) is 0 Å². The fourth-order valence-corrected chi connectivity index (χ4v) is 2.35. The Bertz CT molecular complexity index is 482. The quantitative estimate of drug-likeness (QED) is 0.687. The lowest BCUT2D eigenvalue weighted by molar-refractivity contribution is -0.134. The van der Waals surface area contributed by atoms with Crippen LogP contribution in [0.1, 0.15) is 18.9 Å². The number of carboxylic acid groups (broad SMARTS) is 1. The zero-order chi connectivity index (χ0) is 15.7. The minimum absolute atomic E-state index is 0.0404. The summed E-state index contributed by atoms with van der Waals surface area (Å²) in [6.07, 6.45) is 1.10. The third-order valence-corrected chi connectivity index (χ3v) is 3.97. The lowest BCUT2D eigenvalue weighted by Crippen LogP contribution is -2.31. The number of aliphatic carboxylic acids is 1. The molecule has 6 heteroatoms. The number of halogens is 1. The average molecular weight is 313 g/mol. The van der Waals surface area contributed by atoms with Gasteiger partial charge in [-0.2, -0.15) is 0 Å². The molecular weight excluding hydrogens is 293 g/mol. The molecule has 0 aromatic heterocycles. The predicted molar refractivity (Wildman–Crippen MR) is 81.9 cm³/mol. The van der Waals surface area contributed by atoms with E-state index in [1.54, 1.807) is 25.1 Å². The summed E-state index contributed by atoms with van der Waals surface area (Å²) < 4.78 is 13.4. The highest BCUT2D eigenvalue weighted by atomic mass is 32.2. The molecular formula is C15H20FNO3S. The van der Waals surface area contributed by atoms with Gasteiger partial charge >= 0.3 is 5.97 Å². The lowest BCUT2D eigenvalue weighted by atomic mass is 10.00. The summed E-state index contributed by atoms with van der Waals surface area (Å²) in [5.41, 5.74) is 0.620. The van der Waals surface area contributed by atoms with E-state index in [1.807, 2.05) is 0 Å². The minimum Gasteiger partial charge on any atom is -0.481 e. The highest BCUT2D eigenvalue weighted by Crippen LogP contribution is 2.13. The fraction of sp³-hybridized carbons (Fsp3) is 0.467. The number of carbonyl (C=O) groups excluding carboxylic acids is 1. The van der Waals surface area contributed by atoms with Crippen molar-refractivity contribution in [2.45, 2.75) is 19.8 Å². The number of rotatable bonds is 9. The van der Waals surface area contributed by atoms with Gasteiger partial charge in [0.05, 0.1) is 5.75 Å². The molecule has 1 aromatic carbocycles. The number of aryl methyl sites for hydroxylation is 1. The van der Waals surface area contributed by atoms with Crippen molar-refractivity contribution in [2.75, 3.05) is 18.1 Å². The first-order valence-corrected chi connectivity index (χ1v) is 7.97. The van der Waals surface area contributed by atoms with Crippen molar-refractivity contribution in [3.05, 3.63) is 35.6 Å². The largest absolute Gasteiger partial charge is 0.481 e. The lowest BCUT2D eigenvalue weighted by Gasteiger charge is -2.12. The Labute approximate surface area is 128 Å². The van der Waals surface area contributed by atoms with Crippen LogP contribution in [0, 0.1) is 11.7 Å². The van der Waals surface area contributed by atoms with Crippen LogP contribution in [0.5, 0.6) is 0 Å². The Balaban J connectivity index is 2.22. The Hall–Kier alpha value is -1.56. The minimum atomic E-state index is -0.857. The van der Waals surface area contributed by atoms with E-state index in [0.29, 0.717) is 30.7 Å². The average Bonchev–Trinajstić information content (AvgIpc) is 2.45. The molecule has 0 saturated heterocycles. The second-order valence-corrected chi connectivity index (χ2v) is 5.87. The second kappa shape index (κ2) is 9.39. The monoisotopic (exact) mass is 313 g/mol. The van der Waals surface area contributed by atoms with E-state index in [9.17, 15) is 14.0 Å². The first-order valence-electron chi connectivity index (χ1n) is 6.81. The van der Waals surface area contributed by atoms with E-state index < -0.39 is 5.97 Å². The molecule has 4 nitrogen and oxygen atoms in total. The summed E-state index contributed by atoms with van der Waals surface area (Å²) >= 11 is 1.26. The van der Waals surface area contributed by atoms with Crippen LogP contribution in [-0.2, 0) is 16.0 Å². The summed E-state index contributed by atoms with van der Waals surface area (Å²) in [6.45, 7) is 2.25. The van der Waals surface area contributed by atoms with Gasteiger partial charge < -0.3 is 10.4 Å². The zero-order valence-electron chi connectivity index (χ0n) is 12.0. The molecule has 0 aliphatic heterocycles. The second-order valence-electron chi connectivity index (χ2n) is 4.77. The number of hydrogen-bond acceptors (Lipinski definition) is 3. The van der Waals surface area contributed by atoms with Crippen molar-refractivity contribution >= 4 is 23.6 Å². The van der Waals surface area contributed by atoms with E-state index in [1.165, 1.54) is 17.8 Å². The van der Waals surface area contributed by atoms with Crippen LogP contribution < -0.4 is 5.32 Å². The highest BCUT2D eigenvalue weighted by Gasteiger charge is 2.13. The molecule has 1 atom stereocenters.